The predicted molar refractivity (Wildman–Crippen MR) is 121 cm³/mol. The van der Waals surface area contributed by atoms with Crippen LogP contribution >= 0.6 is 0 Å². The molecule has 1 amide bonds. The molecule has 0 radical (unpaired) electrons. The Morgan fingerprint density at radius 3 is 2.52 bits per heavy atom. The minimum atomic E-state index is -0.942. The van der Waals surface area contributed by atoms with Gasteiger partial charge >= 0.3 is 5.97 Å². The Bertz CT molecular complexity index is 1020. The number of carboxylic acids is 1. The lowest BCUT2D eigenvalue weighted by atomic mass is 9.82. The predicted octanol–water partition coefficient (Wildman–Crippen LogP) is 4.84. The summed E-state index contributed by atoms with van der Waals surface area (Å²) in [6.45, 7) is 0.340. The number of aliphatic carboxylic acids is 1. The van der Waals surface area contributed by atoms with Crippen LogP contribution in [0.4, 0.5) is 10.1 Å². The lowest BCUT2D eigenvalue weighted by Gasteiger charge is -2.47. The summed E-state index contributed by atoms with van der Waals surface area (Å²) in [5, 5.41) is 11.1. The number of carbonyl (C=O) groups excluding carboxylic acids is 1. The number of carboxylic acid groups (broad SMARTS) is 1. The van der Waals surface area contributed by atoms with Crippen LogP contribution in [0.5, 0.6) is 0 Å². The fourth-order valence-electron chi connectivity index (χ4n) is 5.50. The number of amides is 1. The van der Waals surface area contributed by atoms with E-state index in [4.69, 9.17) is 9.94 Å². The van der Waals surface area contributed by atoms with Gasteiger partial charge < -0.3 is 10.0 Å². The quantitative estimate of drug-likeness (QED) is 0.621. The summed E-state index contributed by atoms with van der Waals surface area (Å²) in [5.41, 5.74) is 2.92. The smallest absolute Gasteiger partial charge is 0.303 e. The Morgan fingerprint density at radius 1 is 1.03 bits per heavy atom. The molecule has 2 fully saturated rings. The molecule has 1 N–H and O–H groups in total. The maximum atomic E-state index is 13.3. The van der Waals surface area contributed by atoms with Crippen molar-refractivity contribution in [2.45, 2.75) is 69.7 Å². The van der Waals surface area contributed by atoms with Gasteiger partial charge in [0, 0.05) is 23.9 Å². The Morgan fingerprint density at radius 2 is 1.79 bits per heavy atom. The van der Waals surface area contributed by atoms with Gasteiger partial charge in [-0.15, -0.1) is 0 Å². The second kappa shape index (κ2) is 9.14. The van der Waals surface area contributed by atoms with Gasteiger partial charge in [0.05, 0.1) is 30.8 Å². The molecule has 5 rings (SSSR count). The Balaban J connectivity index is 1.45. The van der Waals surface area contributed by atoms with E-state index in [1.54, 1.807) is 12.1 Å². The van der Waals surface area contributed by atoms with Crippen molar-refractivity contribution in [2.24, 2.45) is 5.92 Å². The second-order valence-corrected chi connectivity index (χ2v) is 9.32. The van der Waals surface area contributed by atoms with Crippen molar-refractivity contribution in [1.29, 1.82) is 0 Å². The highest BCUT2D eigenvalue weighted by atomic mass is 19.1. The number of carbonyl (C=O) groups is 2. The molecule has 0 aromatic heterocycles. The highest BCUT2D eigenvalue weighted by Crippen LogP contribution is 2.52. The second-order valence-electron chi connectivity index (χ2n) is 9.32. The van der Waals surface area contributed by atoms with Crippen LogP contribution in [0, 0.1) is 11.7 Å². The van der Waals surface area contributed by atoms with Crippen LogP contribution in [-0.2, 0) is 21.0 Å². The number of hydrogen-bond acceptors (Lipinski definition) is 4. The van der Waals surface area contributed by atoms with Crippen LogP contribution in [-0.4, -0.2) is 34.0 Å². The number of hydrogen-bond donors (Lipinski definition) is 1. The van der Waals surface area contributed by atoms with Crippen LogP contribution < -0.4 is 5.06 Å². The third kappa shape index (κ3) is 4.47. The lowest BCUT2D eigenvalue weighted by molar-refractivity contribution is -0.143. The van der Waals surface area contributed by atoms with Gasteiger partial charge in [-0.3, -0.25) is 19.5 Å². The standard InChI is InChI=1S/C26H29FN2O4/c27-18-10-8-17(9-11-18)16-33-29-22-6-2-1-4-20(22)26(21-5-3-7-23(21)29)28(19-12-13-19)24(30)14-15-25(31)32/h1-2,4,6,8-11,19,21,23,26H,3,5,7,12-16H2,(H,31,32). The van der Waals surface area contributed by atoms with Crippen LogP contribution in [0.25, 0.3) is 0 Å². The average molecular weight is 453 g/mol. The van der Waals surface area contributed by atoms with Gasteiger partial charge in [0.25, 0.3) is 0 Å². The number of anilines is 1. The maximum Gasteiger partial charge on any atom is 0.303 e. The van der Waals surface area contributed by atoms with Crippen molar-refractivity contribution in [2.75, 3.05) is 5.06 Å². The molecule has 174 valence electrons. The molecule has 2 aliphatic carbocycles. The highest BCUT2D eigenvalue weighted by Gasteiger charge is 2.50. The maximum absolute atomic E-state index is 13.3. The average Bonchev–Trinajstić information content (AvgIpc) is 3.53. The molecule has 3 aliphatic rings. The van der Waals surface area contributed by atoms with Crippen LogP contribution in [0.15, 0.2) is 48.5 Å². The monoisotopic (exact) mass is 452 g/mol. The van der Waals surface area contributed by atoms with E-state index in [-0.39, 0.29) is 48.6 Å². The number of benzene rings is 2. The topological polar surface area (TPSA) is 70.1 Å². The van der Waals surface area contributed by atoms with E-state index >= 15 is 0 Å². The summed E-state index contributed by atoms with van der Waals surface area (Å²) in [6.07, 6.45) is 4.86. The molecule has 6 nitrogen and oxygen atoms in total. The van der Waals surface area contributed by atoms with E-state index in [1.165, 1.54) is 12.1 Å². The summed E-state index contributed by atoms with van der Waals surface area (Å²) < 4.78 is 13.3. The molecule has 33 heavy (non-hydrogen) atoms. The first kappa shape index (κ1) is 21.9. The number of fused-ring (bicyclic) bond motifs is 2. The molecular weight excluding hydrogens is 423 g/mol. The van der Waals surface area contributed by atoms with Crippen molar-refractivity contribution in [1.82, 2.24) is 4.90 Å². The summed E-state index contributed by atoms with van der Waals surface area (Å²) >= 11 is 0. The first-order chi connectivity index (χ1) is 16.0. The van der Waals surface area contributed by atoms with Crippen molar-refractivity contribution in [3.05, 3.63) is 65.5 Å². The molecule has 3 atom stereocenters. The van der Waals surface area contributed by atoms with Gasteiger partial charge in [-0.05, 0) is 49.4 Å². The summed E-state index contributed by atoms with van der Waals surface area (Å²) in [5.74, 6) is -1.05. The number of rotatable bonds is 8. The first-order valence-electron chi connectivity index (χ1n) is 11.8. The van der Waals surface area contributed by atoms with E-state index in [0.717, 1.165) is 48.9 Å². The van der Waals surface area contributed by atoms with Crippen LogP contribution in [0.2, 0.25) is 0 Å². The van der Waals surface area contributed by atoms with E-state index in [0.29, 0.717) is 6.61 Å². The molecule has 2 saturated carbocycles. The third-order valence-corrected chi connectivity index (χ3v) is 7.10. The van der Waals surface area contributed by atoms with Gasteiger partial charge in [0.15, 0.2) is 0 Å². The van der Waals surface area contributed by atoms with E-state index in [2.05, 4.69) is 6.07 Å². The summed E-state index contributed by atoms with van der Waals surface area (Å²) in [7, 11) is 0. The van der Waals surface area contributed by atoms with E-state index in [9.17, 15) is 14.0 Å². The van der Waals surface area contributed by atoms with Gasteiger partial charge in [-0.1, -0.05) is 36.8 Å². The van der Waals surface area contributed by atoms with Gasteiger partial charge in [-0.2, -0.15) is 0 Å². The fraction of sp³-hybridized carbons (Fsp3) is 0.462. The molecular formula is C26H29FN2O4. The summed E-state index contributed by atoms with van der Waals surface area (Å²) in [6, 6.07) is 14.7. The van der Waals surface area contributed by atoms with Gasteiger partial charge in [0.1, 0.15) is 5.82 Å². The molecule has 7 heteroatoms. The Labute approximate surface area is 192 Å². The first-order valence-corrected chi connectivity index (χ1v) is 11.8. The SMILES string of the molecule is O=C(O)CCC(=O)N(C1CC1)C1c2ccccc2N(OCc2ccc(F)cc2)C2CCCC21. The molecule has 2 aromatic rings. The molecule has 1 aliphatic heterocycles. The zero-order valence-corrected chi connectivity index (χ0v) is 18.5. The molecule has 1 heterocycles. The van der Waals surface area contributed by atoms with E-state index in [1.807, 2.05) is 28.2 Å². The fourth-order valence-corrected chi connectivity index (χ4v) is 5.50. The van der Waals surface area contributed by atoms with Crippen molar-refractivity contribution in [3.8, 4) is 0 Å². The van der Waals surface area contributed by atoms with Crippen molar-refractivity contribution in [3.63, 3.8) is 0 Å². The van der Waals surface area contributed by atoms with Gasteiger partial charge in [0.2, 0.25) is 5.91 Å². The number of halogens is 1. The largest absolute Gasteiger partial charge is 0.481 e. The Kier molecular flexibility index (Phi) is 6.06. The zero-order chi connectivity index (χ0) is 22.9. The molecule has 0 saturated heterocycles. The zero-order valence-electron chi connectivity index (χ0n) is 18.5. The lowest BCUT2D eigenvalue weighted by Crippen LogP contribution is -2.50. The molecule has 3 unspecified atom stereocenters. The molecule has 2 aromatic carbocycles. The number of hydroxylamine groups is 1. The van der Waals surface area contributed by atoms with Gasteiger partial charge in [-0.25, -0.2) is 4.39 Å². The molecule has 0 spiro atoms. The van der Waals surface area contributed by atoms with E-state index < -0.39 is 5.97 Å². The Hall–Kier alpha value is -2.93. The van der Waals surface area contributed by atoms with Crippen molar-refractivity contribution >= 4 is 17.6 Å². The third-order valence-electron chi connectivity index (χ3n) is 7.10. The molecule has 0 bridgehead atoms. The minimum absolute atomic E-state index is 0.0344. The van der Waals surface area contributed by atoms with Crippen LogP contribution in [0.3, 0.4) is 0 Å². The minimum Gasteiger partial charge on any atom is -0.481 e. The number of nitrogens with zero attached hydrogens (tertiary/aromatic N) is 2. The van der Waals surface area contributed by atoms with Crippen LogP contribution in [0.1, 0.15) is 62.1 Å². The normalized spacial score (nSPS) is 23.7. The number of para-hydroxylation sites is 1. The van der Waals surface area contributed by atoms with Crippen molar-refractivity contribution < 1.29 is 23.9 Å². The highest BCUT2D eigenvalue weighted by molar-refractivity contribution is 5.82. The summed E-state index contributed by atoms with van der Waals surface area (Å²) in [4.78, 5) is 32.7.